The van der Waals surface area contributed by atoms with Gasteiger partial charge in [-0.3, -0.25) is 9.78 Å². The molecule has 0 aromatic carbocycles. The molecule has 0 aliphatic rings. The molecule has 0 saturated carbocycles. The van der Waals surface area contributed by atoms with Gasteiger partial charge in [-0.25, -0.2) is 4.98 Å². The minimum atomic E-state index is 0.00196. The second-order valence-electron chi connectivity index (χ2n) is 3.98. The van der Waals surface area contributed by atoms with E-state index in [1.165, 1.54) is 11.8 Å². The van der Waals surface area contributed by atoms with Crippen LogP contribution in [0.2, 0.25) is 0 Å². The summed E-state index contributed by atoms with van der Waals surface area (Å²) in [6, 6.07) is 5.80. The van der Waals surface area contributed by atoms with Crippen molar-refractivity contribution in [2.75, 3.05) is 6.54 Å². The van der Waals surface area contributed by atoms with Gasteiger partial charge in [0, 0.05) is 31.0 Å². The first kappa shape index (κ1) is 12.7. The van der Waals surface area contributed by atoms with E-state index in [4.69, 9.17) is 0 Å². The Labute approximate surface area is 110 Å². The summed E-state index contributed by atoms with van der Waals surface area (Å²) in [6.07, 6.45) is 2.58. The number of thiazole rings is 1. The Kier molecular flexibility index (Phi) is 4.04. The largest absolute Gasteiger partial charge is 0.356 e. The predicted molar refractivity (Wildman–Crippen MR) is 72.5 cm³/mol. The molecule has 2 aromatic rings. The molecule has 0 aliphatic heterocycles. The molecule has 0 saturated heterocycles. The third kappa shape index (κ3) is 3.13. The van der Waals surface area contributed by atoms with Crippen LogP contribution in [0.1, 0.15) is 17.5 Å². The molecule has 0 atom stereocenters. The Hall–Kier alpha value is -1.75. The first-order valence-corrected chi connectivity index (χ1v) is 6.60. The number of nitrogens with zero attached hydrogens (tertiary/aromatic N) is 2. The number of amides is 1. The molecule has 1 N–H and O–H groups in total. The Balaban J connectivity index is 2.10. The fourth-order valence-corrected chi connectivity index (χ4v) is 2.65. The van der Waals surface area contributed by atoms with Crippen molar-refractivity contribution < 1.29 is 4.79 Å². The van der Waals surface area contributed by atoms with Gasteiger partial charge in [0.1, 0.15) is 5.01 Å². The second kappa shape index (κ2) is 5.73. The highest BCUT2D eigenvalue weighted by Crippen LogP contribution is 2.26. The van der Waals surface area contributed by atoms with Gasteiger partial charge in [-0.1, -0.05) is 6.07 Å². The fraction of sp³-hybridized carbons (Fsp3) is 0.308. The zero-order chi connectivity index (χ0) is 13.0. The lowest BCUT2D eigenvalue weighted by Gasteiger charge is -1.99. The van der Waals surface area contributed by atoms with Crippen LogP contribution >= 0.6 is 11.3 Å². The Bertz CT molecular complexity index is 536. The Morgan fingerprint density at radius 2 is 2.28 bits per heavy atom. The summed E-state index contributed by atoms with van der Waals surface area (Å²) in [6.45, 7) is 4.17. The maximum absolute atomic E-state index is 10.8. The van der Waals surface area contributed by atoms with Gasteiger partial charge in [-0.15, -0.1) is 11.3 Å². The standard InChI is InChI=1S/C13H15N3OS/c1-9-12(6-8-14-10(2)17)18-13(16-9)11-5-3-4-7-15-11/h3-5,7H,6,8H2,1-2H3,(H,14,17). The molecule has 94 valence electrons. The lowest BCUT2D eigenvalue weighted by Crippen LogP contribution is -2.22. The van der Waals surface area contributed by atoms with Crippen LogP contribution < -0.4 is 5.32 Å². The van der Waals surface area contributed by atoms with Crippen molar-refractivity contribution in [3.63, 3.8) is 0 Å². The quantitative estimate of drug-likeness (QED) is 0.918. The van der Waals surface area contributed by atoms with Gasteiger partial charge in [-0.2, -0.15) is 0 Å². The fourth-order valence-electron chi connectivity index (χ4n) is 1.61. The molecule has 18 heavy (non-hydrogen) atoms. The van der Waals surface area contributed by atoms with Crippen molar-refractivity contribution in [2.45, 2.75) is 20.3 Å². The van der Waals surface area contributed by atoms with E-state index in [1.807, 2.05) is 25.1 Å². The van der Waals surface area contributed by atoms with Crippen LogP contribution in [-0.4, -0.2) is 22.4 Å². The molecule has 1 amide bonds. The van der Waals surface area contributed by atoms with Gasteiger partial charge in [0.15, 0.2) is 0 Å². The average molecular weight is 261 g/mol. The van der Waals surface area contributed by atoms with Gasteiger partial charge in [0.2, 0.25) is 5.91 Å². The van der Waals surface area contributed by atoms with Gasteiger partial charge >= 0.3 is 0 Å². The number of aromatic nitrogens is 2. The highest BCUT2D eigenvalue weighted by atomic mass is 32.1. The van der Waals surface area contributed by atoms with Crippen LogP contribution in [-0.2, 0) is 11.2 Å². The minimum absolute atomic E-state index is 0.00196. The van der Waals surface area contributed by atoms with Gasteiger partial charge < -0.3 is 5.32 Å². The molecule has 2 rings (SSSR count). The summed E-state index contributed by atoms with van der Waals surface area (Å²) in [7, 11) is 0. The lowest BCUT2D eigenvalue weighted by molar-refractivity contribution is -0.118. The summed E-state index contributed by atoms with van der Waals surface area (Å²) in [5.41, 5.74) is 1.92. The number of nitrogens with one attached hydrogen (secondary N) is 1. The number of aryl methyl sites for hydroxylation is 1. The molecule has 0 aliphatic carbocycles. The highest BCUT2D eigenvalue weighted by Gasteiger charge is 2.09. The van der Waals surface area contributed by atoms with Crippen molar-refractivity contribution >= 4 is 17.2 Å². The number of hydrogen-bond acceptors (Lipinski definition) is 4. The summed E-state index contributed by atoms with van der Waals surface area (Å²) in [5.74, 6) is 0.00196. The number of rotatable bonds is 4. The Morgan fingerprint density at radius 1 is 1.44 bits per heavy atom. The van der Waals surface area contributed by atoms with E-state index in [-0.39, 0.29) is 5.91 Å². The van der Waals surface area contributed by atoms with Crippen molar-refractivity contribution in [1.82, 2.24) is 15.3 Å². The zero-order valence-corrected chi connectivity index (χ0v) is 11.3. The van der Waals surface area contributed by atoms with Crippen LogP contribution in [0, 0.1) is 6.92 Å². The number of carbonyl (C=O) groups is 1. The van der Waals surface area contributed by atoms with E-state index in [2.05, 4.69) is 15.3 Å². The normalized spacial score (nSPS) is 10.3. The molecule has 5 heteroatoms. The molecule has 0 unspecified atom stereocenters. The Morgan fingerprint density at radius 3 is 2.94 bits per heavy atom. The average Bonchev–Trinajstić information content (AvgIpc) is 2.72. The van der Waals surface area contributed by atoms with Crippen molar-refractivity contribution in [3.8, 4) is 10.7 Å². The van der Waals surface area contributed by atoms with Gasteiger partial charge in [0.05, 0.1) is 11.4 Å². The summed E-state index contributed by atoms with van der Waals surface area (Å²) >= 11 is 1.64. The summed E-state index contributed by atoms with van der Waals surface area (Å²) in [4.78, 5) is 20.8. The van der Waals surface area contributed by atoms with E-state index >= 15 is 0 Å². The molecular weight excluding hydrogens is 246 g/mol. The predicted octanol–water partition coefficient (Wildman–Crippen LogP) is 2.19. The van der Waals surface area contributed by atoms with Crippen molar-refractivity contribution in [3.05, 3.63) is 35.0 Å². The highest BCUT2D eigenvalue weighted by molar-refractivity contribution is 7.15. The molecule has 0 bridgehead atoms. The van der Waals surface area contributed by atoms with Crippen LogP contribution in [0.3, 0.4) is 0 Å². The monoisotopic (exact) mass is 261 g/mol. The molecule has 4 nitrogen and oxygen atoms in total. The number of pyridine rings is 1. The van der Waals surface area contributed by atoms with Crippen LogP contribution in [0.15, 0.2) is 24.4 Å². The van der Waals surface area contributed by atoms with E-state index in [9.17, 15) is 4.79 Å². The van der Waals surface area contributed by atoms with Crippen molar-refractivity contribution in [1.29, 1.82) is 0 Å². The van der Waals surface area contributed by atoms with E-state index in [0.717, 1.165) is 22.8 Å². The molecular formula is C13H15N3OS. The molecule has 2 aromatic heterocycles. The van der Waals surface area contributed by atoms with Gasteiger partial charge in [0.25, 0.3) is 0 Å². The minimum Gasteiger partial charge on any atom is -0.356 e. The smallest absolute Gasteiger partial charge is 0.216 e. The molecule has 2 heterocycles. The summed E-state index contributed by atoms with van der Waals surface area (Å²) < 4.78 is 0. The first-order valence-electron chi connectivity index (χ1n) is 5.79. The first-order chi connectivity index (χ1) is 8.66. The van der Waals surface area contributed by atoms with Crippen LogP contribution in [0.4, 0.5) is 0 Å². The topological polar surface area (TPSA) is 54.9 Å². The van der Waals surface area contributed by atoms with Crippen LogP contribution in [0.25, 0.3) is 10.7 Å². The maximum Gasteiger partial charge on any atom is 0.216 e. The summed E-state index contributed by atoms with van der Waals surface area (Å²) in [5, 5.41) is 3.73. The van der Waals surface area contributed by atoms with E-state index in [0.29, 0.717) is 6.54 Å². The van der Waals surface area contributed by atoms with E-state index < -0.39 is 0 Å². The number of hydrogen-bond donors (Lipinski definition) is 1. The van der Waals surface area contributed by atoms with Gasteiger partial charge in [-0.05, 0) is 19.1 Å². The second-order valence-corrected chi connectivity index (χ2v) is 5.06. The number of carbonyl (C=O) groups excluding carboxylic acids is 1. The molecule has 0 radical (unpaired) electrons. The maximum atomic E-state index is 10.8. The lowest BCUT2D eigenvalue weighted by atomic mass is 10.3. The van der Waals surface area contributed by atoms with E-state index in [1.54, 1.807) is 17.5 Å². The van der Waals surface area contributed by atoms with Crippen LogP contribution in [0.5, 0.6) is 0 Å². The molecule has 0 fully saturated rings. The zero-order valence-electron chi connectivity index (χ0n) is 10.4. The third-order valence-electron chi connectivity index (χ3n) is 2.50. The van der Waals surface area contributed by atoms with Crippen molar-refractivity contribution in [2.24, 2.45) is 0 Å². The SMILES string of the molecule is CC(=O)NCCc1sc(-c2ccccn2)nc1C. The third-order valence-corrected chi connectivity index (χ3v) is 3.74. The molecule has 0 spiro atoms.